The zero-order valence-corrected chi connectivity index (χ0v) is 17.2. The van der Waals surface area contributed by atoms with Gasteiger partial charge in [0.05, 0.1) is 13.2 Å². The average molecular weight is 377 g/mol. The van der Waals surface area contributed by atoms with Crippen molar-refractivity contribution in [2.45, 2.75) is 53.5 Å². The minimum Gasteiger partial charge on any atom is -0.461 e. The number of urea groups is 1. The van der Waals surface area contributed by atoms with Crippen LogP contribution in [0.25, 0.3) is 0 Å². The van der Waals surface area contributed by atoms with E-state index in [4.69, 9.17) is 4.74 Å². The Morgan fingerprint density at radius 3 is 2.41 bits per heavy atom. The van der Waals surface area contributed by atoms with Gasteiger partial charge in [-0.25, -0.2) is 9.59 Å². The predicted molar refractivity (Wildman–Crippen MR) is 103 cm³/mol. The number of ketones is 1. The minimum atomic E-state index is -0.438. The molecule has 0 aromatic carbocycles. The van der Waals surface area contributed by atoms with E-state index in [1.165, 1.54) is 0 Å². The summed E-state index contributed by atoms with van der Waals surface area (Å²) in [7, 11) is 1.75. The zero-order valence-electron chi connectivity index (χ0n) is 17.2. The first-order valence-corrected chi connectivity index (χ1v) is 9.58. The molecule has 0 spiro atoms. The molecule has 1 fully saturated rings. The summed E-state index contributed by atoms with van der Waals surface area (Å²) in [6.45, 7) is 9.96. The molecule has 27 heavy (non-hydrogen) atoms. The van der Waals surface area contributed by atoms with E-state index in [0.717, 1.165) is 12.8 Å². The van der Waals surface area contributed by atoms with Crippen LogP contribution in [0.4, 0.5) is 4.79 Å². The molecule has 0 unspecified atom stereocenters. The molecular weight excluding hydrogens is 346 g/mol. The van der Waals surface area contributed by atoms with Crippen molar-refractivity contribution in [2.75, 3.05) is 19.7 Å². The van der Waals surface area contributed by atoms with E-state index in [-0.39, 0.29) is 31.0 Å². The Bertz CT molecular complexity index is 732. The fourth-order valence-electron chi connectivity index (χ4n) is 3.30. The molecule has 2 rings (SSSR count). The van der Waals surface area contributed by atoms with E-state index < -0.39 is 5.97 Å². The Labute approximate surface area is 161 Å². The van der Waals surface area contributed by atoms with Crippen molar-refractivity contribution in [3.8, 4) is 0 Å². The number of ether oxygens (including phenoxy) is 1. The largest absolute Gasteiger partial charge is 0.461 e. The molecule has 0 bridgehead atoms. The molecule has 0 radical (unpaired) electrons. The van der Waals surface area contributed by atoms with Crippen molar-refractivity contribution in [3.05, 3.63) is 22.5 Å². The highest BCUT2D eigenvalue weighted by molar-refractivity contribution is 6.04. The summed E-state index contributed by atoms with van der Waals surface area (Å²) in [5.41, 5.74) is 2.20. The fraction of sp³-hybridized carbons (Fsp3) is 0.650. The lowest BCUT2D eigenvalue weighted by Gasteiger charge is -2.24. The van der Waals surface area contributed by atoms with Gasteiger partial charge in [0.2, 0.25) is 0 Å². The second-order valence-electron chi connectivity index (χ2n) is 7.56. The van der Waals surface area contributed by atoms with Crippen LogP contribution in [0.15, 0.2) is 0 Å². The predicted octanol–water partition coefficient (Wildman–Crippen LogP) is 2.83. The van der Waals surface area contributed by atoms with Gasteiger partial charge in [0, 0.05) is 30.9 Å². The molecule has 2 amide bonds. The molecule has 7 heteroatoms. The Morgan fingerprint density at radius 2 is 1.89 bits per heavy atom. The highest BCUT2D eigenvalue weighted by Crippen LogP contribution is 2.30. The quantitative estimate of drug-likeness (QED) is 0.558. The van der Waals surface area contributed by atoms with Crippen molar-refractivity contribution in [2.24, 2.45) is 13.0 Å². The van der Waals surface area contributed by atoms with Gasteiger partial charge in [-0.05, 0) is 58.9 Å². The number of amides is 2. The van der Waals surface area contributed by atoms with Gasteiger partial charge in [0.25, 0.3) is 0 Å². The summed E-state index contributed by atoms with van der Waals surface area (Å²) < 4.78 is 6.81. The number of carbonyl (C=O) groups excluding carboxylic acids is 3. The Hall–Kier alpha value is -2.31. The van der Waals surface area contributed by atoms with Gasteiger partial charge in [0.1, 0.15) is 5.69 Å². The van der Waals surface area contributed by atoms with Crippen LogP contribution in [-0.4, -0.2) is 53.0 Å². The standard InChI is InChI=1S/C20H31N3O4/c1-7-27-19(25)18-13(4)17(14(5)22(18)6)16(24)11-23(10-15-8-9-15)20(26)21-12(2)3/h12,15H,7-11H2,1-6H3,(H,21,26). The first-order chi connectivity index (χ1) is 12.7. The molecule has 1 heterocycles. The number of nitrogens with one attached hydrogen (secondary N) is 1. The van der Waals surface area contributed by atoms with Gasteiger partial charge in [-0.15, -0.1) is 0 Å². The van der Waals surface area contributed by atoms with Crippen LogP contribution in [0, 0.1) is 19.8 Å². The minimum absolute atomic E-state index is 0.00299. The molecule has 1 N–H and O–H groups in total. The Balaban J connectivity index is 2.25. The highest BCUT2D eigenvalue weighted by atomic mass is 16.5. The molecule has 7 nitrogen and oxygen atoms in total. The number of esters is 1. The summed E-state index contributed by atoms with van der Waals surface area (Å²) >= 11 is 0. The maximum absolute atomic E-state index is 13.0. The lowest BCUT2D eigenvalue weighted by molar-refractivity contribution is 0.0514. The smallest absolute Gasteiger partial charge is 0.355 e. The van der Waals surface area contributed by atoms with Crippen LogP contribution in [0.5, 0.6) is 0 Å². The van der Waals surface area contributed by atoms with Gasteiger partial charge in [0.15, 0.2) is 5.78 Å². The normalized spacial score (nSPS) is 13.6. The van der Waals surface area contributed by atoms with Crippen LogP contribution in [-0.2, 0) is 11.8 Å². The first-order valence-electron chi connectivity index (χ1n) is 9.58. The van der Waals surface area contributed by atoms with Gasteiger partial charge in [-0.1, -0.05) is 0 Å². The molecule has 1 saturated carbocycles. The third kappa shape index (κ3) is 4.90. The van der Waals surface area contributed by atoms with Crippen LogP contribution >= 0.6 is 0 Å². The number of carbonyl (C=O) groups is 3. The van der Waals surface area contributed by atoms with Gasteiger partial charge < -0.3 is 19.5 Å². The molecule has 1 aliphatic carbocycles. The summed E-state index contributed by atoms with van der Waals surface area (Å²) in [5.74, 6) is -0.119. The van der Waals surface area contributed by atoms with Gasteiger partial charge >= 0.3 is 12.0 Å². The third-order valence-corrected chi connectivity index (χ3v) is 4.89. The van der Waals surface area contributed by atoms with E-state index in [0.29, 0.717) is 35.0 Å². The number of nitrogens with zero attached hydrogens (tertiary/aromatic N) is 2. The second kappa shape index (κ2) is 8.59. The third-order valence-electron chi connectivity index (χ3n) is 4.89. The average Bonchev–Trinajstić information content (AvgIpc) is 3.34. The maximum atomic E-state index is 13.0. The molecule has 0 aliphatic heterocycles. The van der Waals surface area contributed by atoms with Crippen LogP contribution in [0.1, 0.15) is 65.7 Å². The molecule has 150 valence electrons. The number of hydrogen-bond donors (Lipinski definition) is 1. The second-order valence-corrected chi connectivity index (χ2v) is 7.56. The topological polar surface area (TPSA) is 80.6 Å². The zero-order chi connectivity index (χ0) is 20.3. The Morgan fingerprint density at radius 1 is 1.26 bits per heavy atom. The van der Waals surface area contributed by atoms with E-state index in [1.807, 2.05) is 20.8 Å². The maximum Gasteiger partial charge on any atom is 0.355 e. The monoisotopic (exact) mass is 377 g/mol. The molecule has 1 aliphatic rings. The fourth-order valence-corrected chi connectivity index (χ4v) is 3.30. The van der Waals surface area contributed by atoms with E-state index in [9.17, 15) is 14.4 Å². The SMILES string of the molecule is CCOC(=O)c1c(C)c(C(=O)CN(CC2CC2)C(=O)NC(C)C)c(C)n1C. The molecule has 0 atom stereocenters. The molecule has 0 saturated heterocycles. The van der Waals surface area contributed by atoms with Crippen molar-refractivity contribution >= 4 is 17.8 Å². The summed E-state index contributed by atoms with van der Waals surface area (Å²) in [4.78, 5) is 39.4. The van der Waals surface area contributed by atoms with Crippen molar-refractivity contribution in [3.63, 3.8) is 0 Å². The number of Topliss-reactive ketones (excluding diaryl/α,β-unsaturated/α-hetero) is 1. The number of aromatic nitrogens is 1. The van der Waals surface area contributed by atoms with Gasteiger partial charge in [-0.2, -0.15) is 0 Å². The van der Waals surface area contributed by atoms with Crippen LogP contribution < -0.4 is 5.32 Å². The lowest BCUT2D eigenvalue weighted by Crippen LogP contribution is -2.46. The van der Waals surface area contributed by atoms with E-state index in [1.54, 1.807) is 30.4 Å². The summed E-state index contributed by atoms with van der Waals surface area (Å²) in [6, 6.07) is -0.216. The van der Waals surface area contributed by atoms with E-state index >= 15 is 0 Å². The number of hydrogen-bond acceptors (Lipinski definition) is 4. The Kier molecular flexibility index (Phi) is 6.68. The highest BCUT2D eigenvalue weighted by Gasteiger charge is 2.31. The lowest BCUT2D eigenvalue weighted by atomic mass is 10.1. The van der Waals surface area contributed by atoms with E-state index in [2.05, 4.69) is 5.32 Å². The summed E-state index contributed by atoms with van der Waals surface area (Å²) in [6.07, 6.45) is 2.19. The van der Waals surface area contributed by atoms with Crippen LogP contribution in [0.3, 0.4) is 0 Å². The van der Waals surface area contributed by atoms with Crippen molar-refractivity contribution in [1.29, 1.82) is 0 Å². The van der Waals surface area contributed by atoms with Crippen molar-refractivity contribution in [1.82, 2.24) is 14.8 Å². The van der Waals surface area contributed by atoms with Gasteiger partial charge in [-0.3, -0.25) is 4.79 Å². The molecule has 1 aromatic rings. The summed E-state index contributed by atoms with van der Waals surface area (Å²) in [5, 5.41) is 2.87. The van der Waals surface area contributed by atoms with Crippen LogP contribution in [0.2, 0.25) is 0 Å². The molecule has 1 aromatic heterocycles. The van der Waals surface area contributed by atoms with Crippen molar-refractivity contribution < 1.29 is 19.1 Å². The number of rotatable bonds is 8. The first kappa shape index (κ1) is 21.0. The molecular formula is C20H31N3O4.